The molecule has 1 N–H and O–H groups in total. The first-order valence-corrected chi connectivity index (χ1v) is 10.5. The van der Waals surface area contributed by atoms with Gasteiger partial charge in [0.05, 0.1) is 0 Å². The first-order chi connectivity index (χ1) is 12.8. The molecule has 1 heterocycles. The summed E-state index contributed by atoms with van der Waals surface area (Å²) >= 11 is 3.46. The zero-order valence-corrected chi connectivity index (χ0v) is 16.7. The van der Waals surface area contributed by atoms with Crippen LogP contribution < -0.4 is 10.1 Å². The Labute approximate surface area is 164 Å². The lowest BCUT2D eigenvalue weighted by Gasteiger charge is -2.14. The van der Waals surface area contributed by atoms with Crippen molar-refractivity contribution in [3.05, 3.63) is 64.1 Å². The third kappa shape index (κ3) is 4.87. The molecule has 1 saturated heterocycles. The quantitative estimate of drug-likeness (QED) is 0.684. The van der Waals surface area contributed by atoms with E-state index >= 15 is 0 Å². The fourth-order valence-corrected chi connectivity index (χ4v) is 4.03. The van der Waals surface area contributed by atoms with Crippen LogP contribution in [0.5, 0.6) is 5.75 Å². The van der Waals surface area contributed by atoms with Gasteiger partial charge >= 0.3 is 0 Å². The summed E-state index contributed by atoms with van der Waals surface area (Å²) in [7, 11) is 0. The predicted octanol–water partition coefficient (Wildman–Crippen LogP) is 4.57. The highest BCUT2D eigenvalue weighted by molar-refractivity contribution is 9.10. The van der Waals surface area contributed by atoms with Crippen LogP contribution in [0.1, 0.15) is 36.3 Å². The monoisotopic (exact) mass is 414 g/mol. The third-order valence-corrected chi connectivity index (χ3v) is 5.98. The van der Waals surface area contributed by atoms with E-state index in [2.05, 4.69) is 62.5 Å². The molecule has 2 aromatic carbocycles. The van der Waals surface area contributed by atoms with Crippen molar-refractivity contribution in [1.82, 2.24) is 10.2 Å². The number of hydrogen-bond acceptors (Lipinski definition) is 3. The van der Waals surface area contributed by atoms with E-state index in [0.29, 0.717) is 18.6 Å². The first-order valence-electron chi connectivity index (χ1n) is 9.71. The van der Waals surface area contributed by atoms with Crippen molar-refractivity contribution in [3.63, 3.8) is 0 Å². The second-order valence-electron chi connectivity index (χ2n) is 7.44. The molecule has 0 aromatic heterocycles. The molecular formula is C22H27BrN2O. The minimum atomic E-state index is 0.608. The van der Waals surface area contributed by atoms with Crippen LogP contribution in [0.2, 0.25) is 0 Å². The number of hydrogen-bond donors (Lipinski definition) is 1. The summed E-state index contributed by atoms with van der Waals surface area (Å²) in [6, 6.07) is 17.6. The molecular weight excluding hydrogens is 388 g/mol. The molecule has 4 heteroatoms. The van der Waals surface area contributed by atoms with Gasteiger partial charge in [0.1, 0.15) is 12.4 Å². The molecule has 26 heavy (non-hydrogen) atoms. The van der Waals surface area contributed by atoms with Crippen molar-refractivity contribution >= 4 is 15.9 Å². The molecule has 1 unspecified atom stereocenters. The first kappa shape index (κ1) is 18.0. The van der Waals surface area contributed by atoms with Crippen LogP contribution in [-0.2, 0) is 6.61 Å². The van der Waals surface area contributed by atoms with Crippen LogP contribution in [0.15, 0.2) is 53.0 Å². The highest BCUT2D eigenvalue weighted by Crippen LogP contribution is 2.41. The number of nitrogens with zero attached hydrogens (tertiary/aromatic N) is 1. The highest BCUT2D eigenvalue weighted by atomic mass is 79.9. The molecule has 138 valence electrons. The van der Waals surface area contributed by atoms with Gasteiger partial charge < -0.3 is 15.0 Å². The van der Waals surface area contributed by atoms with E-state index in [-0.39, 0.29) is 0 Å². The smallest absolute Gasteiger partial charge is 0.119 e. The minimum Gasteiger partial charge on any atom is -0.489 e. The molecule has 2 aromatic rings. The predicted molar refractivity (Wildman–Crippen MR) is 110 cm³/mol. The van der Waals surface area contributed by atoms with Gasteiger partial charge in [-0.15, -0.1) is 0 Å². The van der Waals surface area contributed by atoms with Gasteiger partial charge in [-0.05, 0) is 67.7 Å². The number of benzene rings is 2. The average Bonchev–Trinajstić information content (AvgIpc) is 3.24. The molecule has 1 saturated carbocycles. The lowest BCUT2D eigenvalue weighted by atomic mass is 10.1. The van der Waals surface area contributed by atoms with Crippen LogP contribution >= 0.6 is 15.9 Å². The Balaban J connectivity index is 1.20. The van der Waals surface area contributed by atoms with Gasteiger partial charge in [0.25, 0.3) is 0 Å². The van der Waals surface area contributed by atoms with E-state index in [9.17, 15) is 0 Å². The Kier molecular flexibility index (Phi) is 5.93. The normalized spacial score (nSPS) is 22.5. The zero-order chi connectivity index (χ0) is 17.8. The number of ether oxygens (including phenoxy) is 1. The second kappa shape index (κ2) is 8.55. The summed E-state index contributed by atoms with van der Waals surface area (Å²) in [5.41, 5.74) is 2.61. The van der Waals surface area contributed by atoms with Crippen molar-refractivity contribution < 1.29 is 4.74 Å². The molecule has 0 spiro atoms. The van der Waals surface area contributed by atoms with Gasteiger partial charge in [0.15, 0.2) is 0 Å². The van der Waals surface area contributed by atoms with Crippen molar-refractivity contribution in [2.75, 3.05) is 26.2 Å². The summed E-state index contributed by atoms with van der Waals surface area (Å²) in [6.45, 7) is 5.51. The summed E-state index contributed by atoms with van der Waals surface area (Å²) in [5, 5.41) is 3.72. The Hall–Kier alpha value is -1.36. The van der Waals surface area contributed by atoms with Crippen molar-refractivity contribution in [2.45, 2.75) is 37.8 Å². The lowest BCUT2D eigenvalue weighted by Crippen LogP contribution is -2.31. The van der Waals surface area contributed by atoms with Gasteiger partial charge in [0.2, 0.25) is 0 Å². The van der Waals surface area contributed by atoms with E-state index in [1.54, 1.807) is 0 Å². The fraction of sp³-hybridized carbons (Fsp3) is 0.455. The maximum absolute atomic E-state index is 5.90. The molecule has 1 aliphatic heterocycles. The zero-order valence-electron chi connectivity index (χ0n) is 15.2. The van der Waals surface area contributed by atoms with Gasteiger partial charge in [-0.25, -0.2) is 0 Å². The summed E-state index contributed by atoms with van der Waals surface area (Å²) < 4.78 is 7.00. The molecule has 2 atom stereocenters. The van der Waals surface area contributed by atoms with E-state index in [4.69, 9.17) is 4.74 Å². The molecule has 4 rings (SSSR count). The minimum absolute atomic E-state index is 0.608. The third-order valence-electron chi connectivity index (χ3n) is 5.45. The van der Waals surface area contributed by atoms with E-state index in [0.717, 1.165) is 16.8 Å². The Morgan fingerprint density at radius 2 is 1.73 bits per heavy atom. The molecule has 2 aliphatic rings. The maximum atomic E-state index is 5.90. The molecule has 2 fully saturated rings. The second-order valence-corrected chi connectivity index (χ2v) is 8.35. The number of halogens is 1. The van der Waals surface area contributed by atoms with Crippen molar-refractivity contribution in [2.24, 2.45) is 0 Å². The largest absolute Gasteiger partial charge is 0.489 e. The Morgan fingerprint density at radius 1 is 1.00 bits per heavy atom. The maximum Gasteiger partial charge on any atom is 0.119 e. The molecule has 0 bridgehead atoms. The molecule has 0 amide bonds. The highest BCUT2D eigenvalue weighted by Gasteiger charge is 2.37. The van der Waals surface area contributed by atoms with Gasteiger partial charge in [-0.1, -0.05) is 40.2 Å². The average molecular weight is 415 g/mol. The molecule has 3 nitrogen and oxygen atoms in total. The van der Waals surface area contributed by atoms with Crippen LogP contribution in [-0.4, -0.2) is 37.1 Å². The van der Waals surface area contributed by atoms with Crippen LogP contribution in [0.25, 0.3) is 0 Å². The molecule has 0 radical (unpaired) electrons. The number of likely N-dealkylation sites (tertiary alicyclic amines) is 1. The van der Waals surface area contributed by atoms with Gasteiger partial charge in [-0.3, -0.25) is 0 Å². The molecule has 1 aliphatic carbocycles. The van der Waals surface area contributed by atoms with Gasteiger partial charge in [0, 0.05) is 29.5 Å². The van der Waals surface area contributed by atoms with E-state index in [1.807, 2.05) is 12.1 Å². The summed E-state index contributed by atoms with van der Waals surface area (Å²) in [5.74, 6) is 1.62. The van der Waals surface area contributed by atoms with Crippen LogP contribution in [0, 0.1) is 0 Å². The summed E-state index contributed by atoms with van der Waals surface area (Å²) in [6.07, 6.45) is 4.02. The van der Waals surface area contributed by atoms with Crippen LogP contribution in [0.4, 0.5) is 0 Å². The van der Waals surface area contributed by atoms with E-state index in [1.165, 1.54) is 50.0 Å². The van der Waals surface area contributed by atoms with E-state index < -0.39 is 0 Å². The van der Waals surface area contributed by atoms with Crippen molar-refractivity contribution in [3.8, 4) is 5.75 Å². The van der Waals surface area contributed by atoms with Gasteiger partial charge in [-0.2, -0.15) is 0 Å². The topological polar surface area (TPSA) is 24.5 Å². The SMILES string of the molecule is Brc1ccc(COc2ccc(C3C[C@@H]3NCCN3CCCC3)cc2)cc1. The number of rotatable bonds is 8. The lowest BCUT2D eigenvalue weighted by molar-refractivity contribution is 0.306. The van der Waals surface area contributed by atoms with Crippen LogP contribution in [0.3, 0.4) is 0 Å². The number of nitrogens with one attached hydrogen (secondary N) is 1. The fourth-order valence-electron chi connectivity index (χ4n) is 3.76. The standard InChI is InChI=1S/C22H27BrN2O/c23-19-7-3-17(4-8-19)16-26-20-9-5-18(6-10-20)21-15-22(21)24-11-14-25-12-1-2-13-25/h3-10,21-22,24H,1-2,11-16H2/t21?,22-/m0/s1. The van der Waals surface area contributed by atoms with Crippen molar-refractivity contribution in [1.29, 1.82) is 0 Å². The summed E-state index contributed by atoms with van der Waals surface area (Å²) in [4.78, 5) is 2.57. The Bertz CT molecular complexity index is 695. The Morgan fingerprint density at radius 3 is 2.46 bits per heavy atom.